The van der Waals surface area contributed by atoms with Crippen molar-refractivity contribution in [2.24, 2.45) is 10.9 Å². The van der Waals surface area contributed by atoms with Gasteiger partial charge in [0.05, 0.1) is 13.2 Å². The summed E-state index contributed by atoms with van der Waals surface area (Å²) in [6.45, 7) is 14.6. The second-order valence-corrected chi connectivity index (χ2v) is 6.40. The van der Waals surface area contributed by atoms with Crippen LogP contribution in [0.25, 0.3) is 0 Å². The maximum atomic E-state index is 5.43. The molecule has 0 aromatic carbocycles. The van der Waals surface area contributed by atoms with E-state index in [2.05, 4.69) is 48.2 Å². The molecule has 2 N–H and O–H groups in total. The normalized spacial score (nSPS) is 18.1. The minimum atomic E-state index is 0.107. The Bertz CT molecular complexity index is 307. The number of rotatable bonds is 7. The second-order valence-electron chi connectivity index (χ2n) is 6.40. The van der Waals surface area contributed by atoms with Gasteiger partial charge in [-0.1, -0.05) is 26.7 Å². The highest BCUT2D eigenvalue weighted by Gasteiger charge is 2.28. The van der Waals surface area contributed by atoms with Gasteiger partial charge in [0.1, 0.15) is 0 Å². The van der Waals surface area contributed by atoms with Gasteiger partial charge >= 0.3 is 0 Å². The lowest BCUT2D eigenvalue weighted by atomic mass is 10.0. The summed E-state index contributed by atoms with van der Waals surface area (Å²) >= 11 is 0. The SMILES string of the molecule is CCC(CC)CNC(=NC)NCC(C)(C)N1CCOCC1. The molecule has 1 aliphatic heterocycles. The Morgan fingerprint density at radius 2 is 1.81 bits per heavy atom. The van der Waals surface area contributed by atoms with E-state index in [0.29, 0.717) is 0 Å². The number of hydrogen-bond donors (Lipinski definition) is 2. The van der Waals surface area contributed by atoms with Crippen LogP contribution in [0, 0.1) is 5.92 Å². The average Bonchev–Trinajstić information content (AvgIpc) is 2.52. The molecule has 21 heavy (non-hydrogen) atoms. The molecule has 1 saturated heterocycles. The van der Waals surface area contributed by atoms with Crippen LogP contribution in [0.2, 0.25) is 0 Å². The number of ether oxygens (including phenoxy) is 1. The molecule has 1 fully saturated rings. The highest BCUT2D eigenvalue weighted by atomic mass is 16.5. The minimum Gasteiger partial charge on any atom is -0.379 e. The molecule has 1 aliphatic rings. The van der Waals surface area contributed by atoms with E-state index in [1.165, 1.54) is 12.8 Å². The van der Waals surface area contributed by atoms with Gasteiger partial charge in [0.2, 0.25) is 0 Å². The summed E-state index contributed by atoms with van der Waals surface area (Å²) in [5.41, 5.74) is 0.107. The lowest BCUT2D eigenvalue weighted by molar-refractivity contribution is -0.00834. The van der Waals surface area contributed by atoms with Gasteiger partial charge in [-0.3, -0.25) is 9.89 Å². The number of nitrogens with zero attached hydrogens (tertiary/aromatic N) is 2. The molecule has 1 rings (SSSR count). The quantitative estimate of drug-likeness (QED) is 0.555. The largest absolute Gasteiger partial charge is 0.379 e. The zero-order chi connectivity index (χ0) is 15.7. The summed E-state index contributed by atoms with van der Waals surface area (Å²) < 4.78 is 5.43. The van der Waals surface area contributed by atoms with Gasteiger partial charge in [-0.05, 0) is 19.8 Å². The Morgan fingerprint density at radius 1 is 1.19 bits per heavy atom. The Labute approximate surface area is 130 Å². The highest BCUT2D eigenvalue weighted by molar-refractivity contribution is 5.79. The van der Waals surface area contributed by atoms with Crippen LogP contribution in [0.4, 0.5) is 0 Å². The van der Waals surface area contributed by atoms with Gasteiger partial charge in [0.25, 0.3) is 0 Å². The van der Waals surface area contributed by atoms with E-state index in [9.17, 15) is 0 Å². The van der Waals surface area contributed by atoms with Gasteiger partial charge < -0.3 is 15.4 Å². The summed E-state index contributed by atoms with van der Waals surface area (Å²) in [7, 11) is 1.84. The first-order valence-corrected chi connectivity index (χ1v) is 8.30. The zero-order valence-electron chi connectivity index (χ0n) is 14.5. The third-order valence-corrected chi connectivity index (χ3v) is 4.49. The van der Waals surface area contributed by atoms with Crippen LogP contribution in [0.3, 0.4) is 0 Å². The molecule has 0 amide bonds. The number of aliphatic imine (C=N–C) groups is 1. The number of nitrogens with one attached hydrogen (secondary N) is 2. The van der Waals surface area contributed by atoms with Crippen molar-refractivity contribution in [3.63, 3.8) is 0 Å². The van der Waals surface area contributed by atoms with Crippen LogP contribution in [0.5, 0.6) is 0 Å². The van der Waals surface area contributed by atoms with Crippen LogP contribution in [0.15, 0.2) is 4.99 Å². The van der Waals surface area contributed by atoms with Crippen molar-refractivity contribution in [3.05, 3.63) is 0 Å². The molecule has 0 radical (unpaired) electrons. The van der Waals surface area contributed by atoms with Gasteiger partial charge in [-0.15, -0.1) is 0 Å². The molecular weight excluding hydrogens is 264 g/mol. The average molecular weight is 298 g/mol. The van der Waals surface area contributed by atoms with Crippen LogP contribution >= 0.6 is 0 Å². The molecule has 124 valence electrons. The summed E-state index contributed by atoms with van der Waals surface area (Å²) in [6, 6.07) is 0. The van der Waals surface area contributed by atoms with Crippen LogP contribution in [-0.4, -0.2) is 62.8 Å². The molecule has 0 spiro atoms. The van der Waals surface area contributed by atoms with Crippen molar-refractivity contribution in [2.45, 2.75) is 46.1 Å². The summed E-state index contributed by atoms with van der Waals surface area (Å²) in [5, 5.41) is 6.91. The van der Waals surface area contributed by atoms with Crippen LogP contribution < -0.4 is 10.6 Å². The highest BCUT2D eigenvalue weighted by Crippen LogP contribution is 2.15. The van der Waals surface area contributed by atoms with E-state index >= 15 is 0 Å². The van der Waals surface area contributed by atoms with E-state index < -0.39 is 0 Å². The molecule has 0 aliphatic carbocycles. The second kappa shape index (κ2) is 9.26. The third-order valence-electron chi connectivity index (χ3n) is 4.49. The van der Waals surface area contributed by atoms with Gasteiger partial charge in [-0.25, -0.2) is 0 Å². The van der Waals surface area contributed by atoms with E-state index in [1.807, 2.05) is 7.05 Å². The summed E-state index contributed by atoms with van der Waals surface area (Å²) in [6.07, 6.45) is 2.42. The molecular formula is C16H34N4O. The first-order valence-electron chi connectivity index (χ1n) is 8.30. The van der Waals surface area contributed by atoms with Gasteiger partial charge in [-0.2, -0.15) is 0 Å². The van der Waals surface area contributed by atoms with Gasteiger partial charge in [0, 0.05) is 38.8 Å². The summed E-state index contributed by atoms with van der Waals surface area (Å²) in [4.78, 5) is 6.81. The number of morpholine rings is 1. The Morgan fingerprint density at radius 3 is 2.33 bits per heavy atom. The maximum absolute atomic E-state index is 5.43. The lowest BCUT2D eigenvalue weighted by Crippen LogP contribution is -2.56. The zero-order valence-corrected chi connectivity index (χ0v) is 14.5. The first-order chi connectivity index (χ1) is 10.0. The standard InChI is InChI=1S/C16H34N4O/c1-6-14(7-2)12-18-15(17-5)19-13-16(3,4)20-8-10-21-11-9-20/h14H,6-13H2,1-5H3,(H2,17,18,19). The van der Waals surface area contributed by atoms with E-state index in [1.54, 1.807) is 0 Å². The van der Waals surface area contributed by atoms with Gasteiger partial charge in [0.15, 0.2) is 5.96 Å². The van der Waals surface area contributed by atoms with Crippen molar-refractivity contribution in [2.75, 3.05) is 46.4 Å². The fraction of sp³-hybridized carbons (Fsp3) is 0.938. The molecule has 5 heteroatoms. The number of hydrogen-bond acceptors (Lipinski definition) is 3. The summed E-state index contributed by atoms with van der Waals surface area (Å²) in [5.74, 6) is 1.62. The Kier molecular flexibility index (Phi) is 8.04. The molecule has 1 heterocycles. The molecule has 0 atom stereocenters. The molecule has 0 aromatic rings. The monoisotopic (exact) mass is 298 g/mol. The van der Waals surface area contributed by atoms with Crippen LogP contribution in [-0.2, 0) is 4.74 Å². The first kappa shape index (κ1) is 18.2. The van der Waals surface area contributed by atoms with Crippen molar-refractivity contribution in [1.82, 2.24) is 15.5 Å². The van der Waals surface area contributed by atoms with Crippen molar-refractivity contribution < 1.29 is 4.74 Å². The Hall–Kier alpha value is -0.810. The predicted octanol–water partition coefficient (Wildman–Crippen LogP) is 1.70. The molecule has 5 nitrogen and oxygen atoms in total. The maximum Gasteiger partial charge on any atom is 0.191 e. The molecule has 0 aromatic heterocycles. The van der Waals surface area contributed by atoms with Crippen molar-refractivity contribution in [1.29, 1.82) is 0 Å². The number of guanidine groups is 1. The molecule has 0 unspecified atom stereocenters. The van der Waals surface area contributed by atoms with E-state index in [4.69, 9.17) is 4.74 Å². The van der Waals surface area contributed by atoms with Crippen molar-refractivity contribution >= 4 is 5.96 Å². The molecule has 0 saturated carbocycles. The third kappa shape index (κ3) is 6.22. The molecule has 0 bridgehead atoms. The predicted molar refractivity (Wildman–Crippen MR) is 89.9 cm³/mol. The van der Waals surface area contributed by atoms with E-state index in [-0.39, 0.29) is 5.54 Å². The van der Waals surface area contributed by atoms with Crippen molar-refractivity contribution in [3.8, 4) is 0 Å². The lowest BCUT2D eigenvalue weighted by Gasteiger charge is -2.41. The van der Waals surface area contributed by atoms with E-state index in [0.717, 1.165) is 51.3 Å². The Balaban J connectivity index is 2.39. The fourth-order valence-electron chi connectivity index (χ4n) is 2.62. The van der Waals surface area contributed by atoms with Crippen LogP contribution in [0.1, 0.15) is 40.5 Å². The topological polar surface area (TPSA) is 48.9 Å². The fourth-order valence-corrected chi connectivity index (χ4v) is 2.62. The minimum absolute atomic E-state index is 0.107. The smallest absolute Gasteiger partial charge is 0.191 e.